The molecule has 134 valence electrons. The summed E-state index contributed by atoms with van der Waals surface area (Å²) < 4.78 is 34.3. The van der Waals surface area contributed by atoms with Gasteiger partial charge in [-0.25, -0.2) is 18.4 Å². The number of halogens is 2. The first-order valence-electron chi connectivity index (χ1n) is 8.20. The first kappa shape index (κ1) is 16.6. The van der Waals surface area contributed by atoms with E-state index < -0.39 is 11.6 Å². The molecule has 1 aliphatic heterocycles. The van der Waals surface area contributed by atoms with Gasteiger partial charge in [0.05, 0.1) is 30.5 Å². The van der Waals surface area contributed by atoms with E-state index in [-0.39, 0.29) is 16.8 Å². The number of nitrogens with zero attached hydrogens (tertiary/aromatic N) is 4. The molecule has 3 aromatic rings. The third-order valence-electron chi connectivity index (χ3n) is 4.45. The van der Waals surface area contributed by atoms with Gasteiger partial charge in [0.1, 0.15) is 17.5 Å². The Morgan fingerprint density at radius 3 is 2.62 bits per heavy atom. The Morgan fingerprint density at radius 2 is 1.88 bits per heavy atom. The molecule has 0 atom stereocenters. The van der Waals surface area contributed by atoms with E-state index in [4.69, 9.17) is 4.74 Å². The van der Waals surface area contributed by atoms with Crippen molar-refractivity contribution in [2.24, 2.45) is 7.05 Å². The molecule has 2 aromatic heterocycles. The predicted octanol–water partition coefficient (Wildman–Crippen LogP) is 2.11. The van der Waals surface area contributed by atoms with Crippen LogP contribution in [0.4, 0.5) is 14.6 Å². The average Bonchev–Trinajstić information content (AvgIpc) is 2.65. The van der Waals surface area contributed by atoms with Crippen LogP contribution in [0.1, 0.15) is 0 Å². The van der Waals surface area contributed by atoms with Crippen molar-refractivity contribution in [3.8, 4) is 11.3 Å². The second kappa shape index (κ2) is 6.45. The lowest BCUT2D eigenvalue weighted by Gasteiger charge is -2.28. The van der Waals surface area contributed by atoms with Gasteiger partial charge >= 0.3 is 0 Å². The maximum atomic E-state index is 14.4. The number of ether oxygens (including phenoxy) is 1. The monoisotopic (exact) mass is 358 g/mol. The molecular weight excluding hydrogens is 342 g/mol. The van der Waals surface area contributed by atoms with Crippen molar-refractivity contribution in [2.75, 3.05) is 31.2 Å². The Hall–Kier alpha value is -2.87. The van der Waals surface area contributed by atoms with E-state index >= 15 is 0 Å². The number of anilines is 1. The van der Waals surface area contributed by atoms with Crippen LogP contribution in [0.25, 0.3) is 22.0 Å². The molecule has 6 nitrogen and oxygen atoms in total. The summed E-state index contributed by atoms with van der Waals surface area (Å²) in [6.45, 7) is 2.34. The maximum Gasteiger partial charge on any atom is 0.274 e. The van der Waals surface area contributed by atoms with E-state index in [9.17, 15) is 13.6 Å². The zero-order valence-corrected chi connectivity index (χ0v) is 14.1. The average molecular weight is 358 g/mol. The number of rotatable bonds is 2. The number of benzene rings is 1. The fourth-order valence-electron chi connectivity index (χ4n) is 3.06. The molecular formula is C18H16F2N4O2. The number of pyridine rings is 1. The van der Waals surface area contributed by atoms with E-state index in [1.165, 1.54) is 23.0 Å². The fraction of sp³-hybridized carbons (Fsp3) is 0.278. The highest BCUT2D eigenvalue weighted by Crippen LogP contribution is 2.30. The van der Waals surface area contributed by atoms with Gasteiger partial charge in [0.25, 0.3) is 5.56 Å². The summed E-state index contributed by atoms with van der Waals surface area (Å²) in [6, 6.07) is 4.99. The summed E-state index contributed by atoms with van der Waals surface area (Å²) >= 11 is 0. The van der Waals surface area contributed by atoms with Crippen LogP contribution < -0.4 is 10.5 Å². The molecule has 0 bridgehead atoms. The highest BCUT2D eigenvalue weighted by Gasteiger charge is 2.19. The Balaban J connectivity index is 2.00. The lowest BCUT2D eigenvalue weighted by Crippen LogP contribution is -2.37. The van der Waals surface area contributed by atoms with Gasteiger partial charge in [-0.05, 0) is 18.2 Å². The second-order valence-electron chi connectivity index (χ2n) is 6.09. The van der Waals surface area contributed by atoms with E-state index in [0.29, 0.717) is 42.9 Å². The van der Waals surface area contributed by atoms with Crippen molar-refractivity contribution in [1.29, 1.82) is 0 Å². The minimum atomic E-state index is -0.737. The minimum Gasteiger partial charge on any atom is -0.378 e. The van der Waals surface area contributed by atoms with E-state index in [0.717, 1.165) is 6.07 Å². The van der Waals surface area contributed by atoms with Crippen LogP contribution in [-0.2, 0) is 11.8 Å². The van der Waals surface area contributed by atoms with Gasteiger partial charge in [-0.2, -0.15) is 5.10 Å². The summed E-state index contributed by atoms with van der Waals surface area (Å²) in [4.78, 5) is 19.1. The van der Waals surface area contributed by atoms with E-state index in [1.54, 1.807) is 13.1 Å². The maximum absolute atomic E-state index is 14.4. The molecule has 0 saturated carbocycles. The second-order valence-corrected chi connectivity index (χ2v) is 6.09. The lowest BCUT2D eigenvalue weighted by atomic mass is 10.0. The smallest absolute Gasteiger partial charge is 0.274 e. The predicted molar refractivity (Wildman–Crippen MR) is 93.2 cm³/mol. The molecule has 26 heavy (non-hydrogen) atoms. The van der Waals surface area contributed by atoms with Crippen molar-refractivity contribution in [2.45, 2.75) is 0 Å². The molecule has 4 rings (SSSR count). The SMILES string of the molecule is Cn1ncc2c(-c3ccc(F)cc3F)nc(N3CCOCC3)cc2c1=O. The van der Waals surface area contributed by atoms with Gasteiger partial charge in [0, 0.05) is 37.2 Å². The summed E-state index contributed by atoms with van der Waals surface area (Å²) in [5.74, 6) is -0.852. The fourth-order valence-corrected chi connectivity index (χ4v) is 3.06. The summed E-state index contributed by atoms with van der Waals surface area (Å²) in [5.41, 5.74) is 0.0939. The number of aryl methyl sites for hydroxylation is 1. The largest absolute Gasteiger partial charge is 0.378 e. The molecule has 1 aromatic carbocycles. The van der Waals surface area contributed by atoms with Gasteiger partial charge < -0.3 is 9.64 Å². The van der Waals surface area contributed by atoms with Crippen LogP contribution in [0.3, 0.4) is 0 Å². The number of aromatic nitrogens is 3. The van der Waals surface area contributed by atoms with E-state index in [2.05, 4.69) is 10.1 Å². The molecule has 0 amide bonds. The van der Waals surface area contributed by atoms with Crippen molar-refractivity contribution < 1.29 is 13.5 Å². The van der Waals surface area contributed by atoms with Crippen molar-refractivity contribution in [1.82, 2.24) is 14.8 Å². The Labute approximate surface area is 147 Å². The van der Waals surface area contributed by atoms with Gasteiger partial charge in [-0.1, -0.05) is 0 Å². The van der Waals surface area contributed by atoms with Gasteiger partial charge in [-0.15, -0.1) is 0 Å². The Morgan fingerprint density at radius 1 is 1.12 bits per heavy atom. The van der Waals surface area contributed by atoms with Crippen molar-refractivity contribution >= 4 is 16.6 Å². The van der Waals surface area contributed by atoms with Crippen LogP contribution in [0, 0.1) is 11.6 Å². The Kier molecular flexibility index (Phi) is 4.12. The van der Waals surface area contributed by atoms with Crippen molar-refractivity contribution in [3.63, 3.8) is 0 Å². The first-order valence-corrected chi connectivity index (χ1v) is 8.20. The van der Waals surface area contributed by atoms with Crippen LogP contribution in [0.2, 0.25) is 0 Å². The van der Waals surface area contributed by atoms with Crippen LogP contribution in [-0.4, -0.2) is 41.1 Å². The highest BCUT2D eigenvalue weighted by molar-refractivity contribution is 5.95. The van der Waals surface area contributed by atoms with E-state index in [1.807, 2.05) is 4.90 Å². The van der Waals surface area contributed by atoms with Crippen LogP contribution in [0.5, 0.6) is 0 Å². The molecule has 0 N–H and O–H groups in total. The zero-order chi connectivity index (χ0) is 18.3. The minimum absolute atomic E-state index is 0.126. The molecule has 1 fully saturated rings. The number of hydrogen-bond acceptors (Lipinski definition) is 5. The molecule has 0 spiro atoms. The van der Waals surface area contributed by atoms with Gasteiger partial charge in [0.2, 0.25) is 0 Å². The van der Waals surface area contributed by atoms with Gasteiger partial charge in [0.15, 0.2) is 0 Å². The molecule has 0 radical (unpaired) electrons. The summed E-state index contributed by atoms with van der Waals surface area (Å²) in [6.07, 6.45) is 1.48. The van der Waals surface area contributed by atoms with Crippen molar-refractivity contribution in [3.05, 3.63) is 52.5 Å². The molecule has 1 saturated heterocycles. The molecule has 8 heteroatoms. The quantitative estimate of drug-likeness (QED) is 0.702. The topological polar surface area (TPSA) is 60.3 Å². The van der Waals surface area contributed by atoms with Gasteiger partial charge in [-0.3, -0.25) is 4.79 Å². The molecule has 0 unspecified atom stereocenters. The molecule has 1 aliphatic rings. The summed E-state index contributed by atoms with van der Waals surface area (Å²) in [7, 11) is 1.55. The Bertz CT molecular complexity index is 1050. The summed E-state index contributed by atoms with van der Waals surface area (Å²) in [5, 5.41) is 4.83. The number of morpholine rings is 1. The normalized spacial score (nSPS) is 14.8. The third-order valence-corrected chi connectivity index (χ3v) is 4.45. The van der Waals surface area contributed by atoms with Crippen LogP contribution in [0.15, 0.2) is 35.3 Å². The molecule has 0 aliphatic carbocycles. The third kappa shape index (κ3) is 2.82. The standard InChI is InChI=1S/C18H16F2N4O2/c1-23-18(25)13-9-16(24-4-6-26-7-5-24)22-17(14(13)10-21-23)12-3-2-11(19)8-15(12)20/h2-3,8-10H,4-7H2,1H3. The zero-order valence-electron chi connectivity index (χ0n) is 14.1. The number of hydrogen-bond donors (Lipinski definition) is 0. The number of fused-ring (bicyclic) bond motifs is 1. The highest BCUT2D eigenvalue weighted by atomic mass is 19.1. The van der Waals surface area contributed by atoms with Crippen LogP contribution >= 0.6 is 0 Å². The molecule has 3 heterocycles. The first-order chi connectivity index (χ1) is 12.5. The lowest BCUT2D eigenvalue weighted by molar-refractivity contribution is 0.122.